The van der Waals surface area contributed by atoms with Crippen LogP contribution in [0.25, 0.3) is 0 Å². The highest BCUT2D eigenvalue weighted by atomic mass is 32.2. The lowest BCUT2D eigenvalue weighted by atomic mass is 9.93. The fourth-order valence-electron chi connectivity index (χ4n) is 2.51. The van der Waals surface area contributed by atoms with Crippen molar-refractivity contribution in [1.82, 2.24) is 4.90 Å². The van der Waals surface area contributed by atoms with E-state index in [9.17, 15) is 13.2 Å². The smallest absolute Gasteiger partial charge is 0.226 e. The molecule has 1 aliphatic carbocycles. The molecule has 0 aromatic heterocycles. The molecule has 0 aromatic rings. The van der Waals surface area contributed by atoms with Gasteiger partial charge in [0.2, 0.25) is 5.91 Å². The van der Waals surface area contributed by atoms with Crippen LogP contribution in [0.1, 0.15) is 40.0 Å². The Kier molecular flexibility index (Phi) is 6.04. The van der Waals surface area contributed by atoms with Gasteiger partial charge < -0.3 is 4.90 Å². The summed E-state index contributed by atoms with van der Waals surface area (Å²) in [7, 11) is -3.05. The van der Waals surface area contributed by atoms with Gasteiger partial charge in [-0.05, 0) is 33.1 Å². The summed E-state index contributed by atoms with van der Waals surface area (Å²) >= 11 is 0. The molecule has 0 aromatic carbocycles. The lowest BCUT2D eigenvalue weighted by molar-refractivity contribution is -0.137. The van der Waals surface area contributed by atoms with Crippen molar-refractivity contribution in [3.8, 4) is 0 Å². The van der Waals surface area contributed by atoms with Crippen molar-refractivity contribution in [3.63, 3.8) is 0 Å². The van der Waals surface area contributed by atoms with Crippen LogP contribution in [0, 0.1) is 5.92 Å². The van der Waals surface area contributed by atoms with E-state index in [2.05, 4.69) is 6.08 Å². The monoisotopic (exact) mass is 287 g/mol. The van der Waals surface area contributed by atoms with Crippen molar-refractivity contribution in [2.75, 3.05) is 18.1 Å². The fraction of sp³-hybridized carbons (Fsp3) is 0.786. The topological polar surface area (TPSA) is 54.5 Å². The highest BCUT2D eigenvalue weighted by Gasteiger charge is 2.28. The number of amides is 1. The van der Waals surface area contributed by atoms with Gasteiger partial charge in [-0.3, -0.25) is 4.79 Å². The highest BCUT2D eigenvalue weighted by Crippen LogP contribution is 2.21. The minimum Gasteiger partial charge on any atom is -0.339 e. The average molecular weight is 287 g/mol. The van der Waals surface area contributed by atoms with E-state index in [0.29, 0.717) is 6.54 Å². The Labute approximate surface area is 116 Å². The maximum absolute atomic E-state index is 12.4. The van der Waals surface area contributed by atoms with Crippen LogP contribution >= 0.6 is 0 Å². The fourth-order valence-corrected chi connectivity index (χ4v) is 3.66. The van der Waals surface area contributed by atoms with E-state index in [1.54, 1.807) is 11.8 Å². The maximum atomic E-state index is 12.4. The van der Waals surface area contributed by atoms with E-state index in [4.69, 9.17) is 0 Å². The van der Waals surface area contributed by atoms with Crippen molar-refractivity contribution in [3.05, 3.63) is 12.2 Å². The lowest BCUT2D eigenvalue weighted by Gasteiger charge is -2.32. The number of carbonyl (C=O) groups is 1. The van der Waals surface area contributed by atoms with Crippen LogP contribution in [0.15, 0.2) is 12.2 Å². The van der Waals surface area contributed by atoms with E-state index in [1.807, 2.05) is 19.9 Å². The molecule has 0 N–H and O–H groups in total. The molecule has 0 unspecified atom stereocenters. The molecule has 0 heterocycles. The third-order valence-corrected chi connectivity index (χ3v) is 5.58. The molecule has 5 heteroatoms. The summed E-state index contributed by atoms with van der Waals surface area (Å²) in [5.41, 5.74) is 0. The van der Waals surface area contributed by atoms with Crippen LogP contribution < -0.4 is 0 Å². The summed E-state index contributed by atoms with van der Waals surface area (Å²) in [5.74, 6) is 0.323. The predicted molar refractivity (Wildman–Crippen MR) is 77.7 cm³/mol. The number of nitrogens with zero attached hydrogens (tertiary/aromatic N) is 1. The van der Waals surface area contributed by atoms with Gasteiger partial charge in [-0.25, -0.2) is 8.42 Å². The van der Waals surface area contributed by atoms with Crippen LogP contribution in [0.2, 0.25) is 0 Å². The first-order valence-electron chi connectivity index (χ1n) is 7.07. The summed E-state index contributed by atoms with van der Waals surface area (Å²) in [4.78, 5) is 14.2. The minimum atomic E-state index is -3.05. The van der Waals surface area contributed by atoms with Crippen molar-refractivity contribution in [2.45, 2.75) is 46.1 Å². The molecule has 0 spiro atoms. The molecule has 19 heavy (non-hydrogen) atoms. The molecule has 1 amide bonds. The largest absolute Gasteiger partial charge is 0.339 e. The molecule has 110 valence electrons. The summed E-state index contributed by atoms with van der Waals surface area (Å²) in [5, 5.41) is 0. The summed E-state index contributed by atoms with van der Waals surface area (Å²) < 4.78 is 23.4. The van der Waals surface area contributed by atoms with E-state index < -0.39 is 9.84 Å². The average Bonchev–Trinajstić information content (AvgIpc) is 2.40. The van der Waals surface area contributed by atoms with Gasteiger partial charge in [0.1, 0.15) is 0 Å². The second-order valence-corrected chi connectivity index (χ2v) is 7.55. The Hall–Kier alpha value is -0.840. The zero-order chi connectivity index (χ0) is 14.5. The van der Waals surface area contributed by atoms with Gasteiger partial charge in [0.25, 0.3) is 0 Å². The Bertz CT molecular complexity index is 428. The number of allylic oxidation sites excluding steroid dienone is 2. The number of sulfone groups is 1. The quantitative estimate of drug-likeness (QED) is 0.702. The number of hydrogen-bond acceptors (Lipinski definition) is 3. The van der Waals surface area contributed by atoms with Gasteiger partial charge in [-0.2, -0.15) is 0 Å². The Morgan fingerprint density at radius 1 is 1.37 bits per heavy atom. The van der Waals surface area contributed by atoms with Crippen LogP contribution in [0.5, 0.6) is 0 Å². The molecule has 0 saturated carbocycles. The van der Waals surface area contributed by atoms with E-state index >= 15 is 0 Å². The van der Waals surface area contributed by atoms with E-state index in [-0.39, 0.29) is 29.4 Å². The van der Waals surface area contributed by atoms with Gasteiger partial charge in [0, 0.05) is 24.3 Å². The molecule has 4 nitrogen and oxygen atoms in total. The van der Waals surface area contributed by atoms with Gasteiger partial charge in [-0.1, -0.05) is 19.1 Å². The van der Waals surface area contributed by atoms with Crippen molar-refractivity contribution in [2.24, 2.45) is 5.92 Å². The van der Waals surface area contributed by atoms with E-state index in [0.717, 1.165) is 19.3 Å². The Morgan fingerprint density at radius 3 is 2.53 bits per heavy atom. The molecular formula is C14H25NO3S. The van der Waals surface area contributed by atoms with Gasteiger partial charge in [0.05, 0.1) is 5.75 Å². The summed E-state index contributed by atoms with van der Waals surface area (Å²) in [6.45, 7) is 5.95. The number of rotatable bonds is 6. The molecule has 1 rings (SSSR count). The molecule has 0 bridgehead atoms. The summed E-state index contributed by atoms with van der Waals surface area (Å²) in [6, 6.07) is -0.242. The molecule has 0 saturated heterocycles. The standard InChI is InChI=1S/C14H25NO3S/c1-4-15(12(3)11-19(17,18)5-2)14(16)13-9-7-6-8-10-13/h6-7,12-13H,4-5,8-11H2,1-3H3/t12-,13+/m0/s1. The van der Waals surface area contributed by atoms with Gasteiger partial charge >= 0.3 is 0 Å². The van der Waals surface area contributed by atoms with Crippen LogP contribution in [-0.4, -0.2) is 43.3 Å². The van der Waals surface area contributed by atoms with Crippen LogP contribution in [0.4, 0.5) is 0 Å². The van der Waals surface area contributed by atoms with Crippen LogP contribution in [0.3, 0.4) is 0 Å². The molecular weight excluding hydrogens is 262 g/mol. The van der Waals surface area contributed by atoms with Crippen molar-refractivity contribution >= 4 is 15.7 Å². The normalized spacial score (nSPS) is 21.1. The molecule has 2 atom stereocenters. The molecule has 0 radical (unpaired) electrons. The summed E-state index contributed by atoms with van der Waals surface area (Å²) in [6.07, 6.45) is 6.75. The Balaban J connectivity index is 2.70. The highest BCUT2D eigenvalue weighted by molar-refractivity contribution is 7.91. The second kappa shape index (κ2) is 7.08. The zero-order valence-corrected chi connectivity index (χ0v) is 12.9. The second-order valence-electron chi connectivity index (χ2n) is 5.15. The first-order chi connectivity index (χ1) is 8.91. The molecule has 0 fully saturated rings. The first-order valence-corrected chi connectivity index (χ1v) is 8.89. The van der Waals surface area contributed by atoms with Gasteiger partial charge in [-0.15, -0.1) is 0 Å². The minimum absolute atomic E-state index is 0.0248. The van der Waals surface area contributed by atoms with E-state index in [1.165, 1.54) is 0 Å². The van der Waals surface area contributed by atoms with Gasteiger partial charge in [0.15, 0.2) is 9.84 Å². The predicted octanol–water partition coefficient (Wildman–Crippen LogP) is 2.01. The Morgan fingerprint density at radius 2 is 2.05 bits per heavy atom. The zero-order valence-electron chi connectivity index (χ0n) is 12.1. The number of hydrogen-bond donors (Lipinski definition) is 0. The first kappa shape index (κ1) is 16.2. The molecule has 0 aliphatic heterocycles. The lowest BCUT2D eigenvalue weighted by Crippen LogP contribution is -2.45. The SMILES string of the molecule is CCN(C(=O)[C@@H]1CC=CCC1)[C@@H](C)CS(=O)(=O)CC. The van der Waals surface area contributed by atoms with Crippen molar-refractivity contribution < 1.29 is 13.2 Å². The van der Waals surface area contributed by atoms with Crippen LogP contribution in [-0.2, 0) is 14.6 Å². The third kappa shape index (κ3) is 4.64. The third-order valence-electron chi connectivity index (χ3n) is 3.71. The molecule has 1 aliphatic rings. The maximum Gasteiger partial charge on any atom is 0.226 e. The number of carbonyl (C=O) groups excluding carboxylic acids is 1. The van der Waals surface area contributed by atoms with Crippen molar-refractivity contribution in [1.29, 1.82) is 0 Å².